The van der Waals surface area contributed by atoms with Gasteiger partial charge in [0.05, 0.1) is 16.4 Å². The first-order chi connectivity index (χ1) is 7.89. The molecule has 0 aliphatic carbocycles. The topological polar surface area (TPSA) is 29.9 Å². The lowest BCUT2D eigenvalue weighted by Crippen LogP contribution is -2.37. The van der Waals surface area contributed by atoms with Gasteiger partial charge in [-0.1, -0.05) is 18.5 Å². The molecule has 0 bridgehead atoms. The van der Waals surface area contributed by atoms with Crippen LogP contribution < -0.4 is 5.32 Å². The number of nitrogens with one attached hydrogen (secondary N) is 1. The normalized spacial score (nSPS) is 12.1. The van der Waals surface area contributed by atoms with Gasteiger partial charge in [-0.25, -0.2) is 0 Å². The first-order valence-electron chi connectivity index (χ1n) is 6.38. The van der Waals surface area contributed by atoms with Crippen molar-refractivity contribution in [3.8, 4) is 0 Å². The van der Waals surface area contributed by atoms with E-state index in [2.05, 4.69) is 45.0 Å². The summed E-state index contributed by atoms with van der Waals surface area (Å²) in [6.45, 7) is 12.5. The first kappa shape index (κ1) is 14.5. The Morgan fingerprint density at radius 2 is 1.94 bits per heavy atom. The summed E-state index contributed by atoms with van der Waals surface area (Å²) in [7, 11) is 0. The van der Waals surface area contributed by atoms with Crippen LogP contribution in [0, 0.1) is 0 Å². The van der Waals surface area contributed by atoms with Crippen molar-refractivity contribution in [2.24, 2.45) is 0 Å². The van der Waals surface area contributed by atoms with Crippen LogP contribution in [0.15, 0.2) is 0 Å². The van der Waals surface area contributed by atoms with E-state index in [0.29, 0.717) is 0 Å². The maximum atomic E-state index is 6.35. The minimum Gasteiger partial charge on any atom is -0.312 e. The van der Waals surface area contributed by atoms with Gasteiger partial charge >= 0.3 is 0 Å². The monoisotopic (exact) mass is 257 g/mol. The van der Waals surface area contributed by atoms with Crippen molar-refractivity contribution in [3.05, 3.63) is 16.4 Å². The molecule has 1 aromatic heterocycles. The Bertz CT molecular complexity index is 363. The molecule has 0 amide bonds. The van der Waals surface area contributed by atoms with E-state index in [9.17, 15) is 0 Å². The lowest BCUT2D eigenvalue weighted by atomic mass is 10.1. The van der Waals surface area contributed by atoms with Crippen molar-refractivity contribution >= 4 is 11.6 Å². The van der Waals surface area contributed by atoms with Gasteiger partial charge in [-0.05, 0) is 34.1 Å². The third-order valence-electron chi connectivity index (χ3n) is 2.71. The smallest absolute Gasteiger partial charge is 0.0850 e. The zero-order valence-electron chi connectivity index (χ0n) is 11.6. The highest BCUT2D eigenvalue weighted by Gasteiger charge is 2.15. The molecule has 1 N–H and O–H groups in total. The van der Waals surface area contributed by atoms with Gasteiger partial charge in [0.25, 0.3) is 0 Å². The number of nitrogens with zero attached hydrogens (tertiary/aromatic N) is 2. The van der Waals surface area contributed by atoms with Gasteiger partial charge < -0.3 is 5.32 Å². The van der Waals surface area contributed by atoms with Crippen molar-refractivity contribution in [3.63, 3.8) is 0 Å². The molecule has 98 valence electrons. The van der Waals surface area contributed by atoms with Gasteiger partial charge in [-0.2, -0.15) is 5.10 Å². The van der Waals surface area contributed by atoms with Crippen molar-refractivity contribution in [1.82, 2.24) is 15.1 Å². The van der Waals surface area contributed by atoms with Gasteiger partial charge in [-0.3, -0.25) is 4.68 Å². The Morgan fingerprint density at radius 1 is 1.29 bits per heavy atom. The number of aryl methyl sites for hydroxylation is 2. The van der Waals surface area contributed by atoms with Crippen molar-refractivity contribution in [1.29, 1.82) is 0 Å². The second kappa shape index (κ2) is 5.87. The fraction of sp³-hybridized carbons (Fsp3) is 0.769. The molecule has 4 heteroatoms. The molecule has 3 nitrogen and oxygen atoms in total. The van der Waals surface area contributed by atoms with Crippen LogP contribution >= 0.6 is 11.6 Å². The zero-order valence-corrected chi connectivity index (χ0v) is 12.4. The molecule has 0 atom stereocenters. The molecule has 1 aromatic rings. The molecule has 0 saturated carbocycles. The van der Waals surface area contributed by atoms with Crippen LogP contribution in [-0.4, -0.2) is 21.9 Å². The predicted molar refractivity (Wildman–Crippen MR) is 73.7 cm³/mol. The number of aromatic nitrogens is 2. The fourth-order valence-electron chi connectivity index (χ4n) is 1.81. The van der Waals surface area contributed by atoms with Crippen LogP contribution in [0.1, 0.15) is 46.0 Å². The Kier molecular flexibility index (Phi) is 5.02. The van der Waals surface area contributed by atoms with Gasteiger partial charge in [0.1, 0.15) is 0 Å². The Hall–Kier alpha value is -0.540. The fourth-order valence-corrected chi connectivity index (χ4v) is 2.18. The number of halogens is 1. The molecule has 0 spiro atoms. The highest BCUT2D eigenvalue weighted by atomic mass is 35.5. The number of hydrogen-bond acceptors (Lipinski definition) is 2. The third-order valence-corrected chi connectivity index (χ3v) is 3.15. The van der Waals surface area contributed by atoms with Crippen LogP contribution in [-0.2, 0) is 19.4 Å². The molecule has 0 aliphatic rings. The molecular formula is C13H24ClN3. The van der Waals surface area contributed by atoms with Crippen LogP contribution in [0.4, 0.5) is 0 Å². The number of hydrogen-bond donors (Lipinski definition) is 1. The lowest BCUT2D eigenvalue weighted by Gasteiger charge is -2.20. The SMILES string of the molecule is CCc1nn(CC)c(CCNC(C)(C)C)c1Cl. The lowest BCUT2D eigenvalue weighted by molar-refractivity contribution is 0.425. The van der Waals surface area contributed by atoms with E-state index in [4.69, 9.17) is 11.6 Å². The van der Waals surface area contributed by atoms with Crippen molar-refractivity contribution in [2.75, 3.05) is 6.54 Å². The highest BCUT2D eigenvalue weighted by Crippen LogP contribution is 2.21. The predicted octanol–water partition coefficient (Wildman–Crippen LogP) is 3.05. The van der Waals surface area contributed by atoms with Gasteiger partial charge in [0.15, 0.2) is 0 Å². The van der Waals surface area contributed by atoms with E-state index in [0.717, 1.165) is 42.3 Å². The molecule has 17 heavy (non-hydrogen) atoms. The van der Waals surface area contributed by atoms with Crippen molar-refractivity contribution in [2.45, 2.75) is 59.5 Å². The average Bonchev–Trinajstić information content (AvgIpc) is 2.54. The van der Waals surface area contributed by atoms with Gasteiger partial charge in [-0.15, -0.1) is 0 Å². The quantitative estimate of drug-likeness (QED) is 0.879. The number of rotatable bonds is 5. The Morgan fingerprint density at radius 3 is 2.41 bits per heavy atom. The summed E-state index contributed by atoms with van der Waals surface area (Å²) in [6.07, 6.45) is 1.82. The molecule has 1 rings (SSSR count). The van der Waals surface area contributed by atoms with Gasteiger partial charge in [0.2, 0.25) is 0 Å². The molecule has 0 saturated heterocycles. The summed E-state index contributed by atoms with van der Waals surface area (Å²) in [5.41, 5.74) is 2.32. The van der Waals surface area contributed by atoms with E-state index < -0.39 is 0 Å². The summed E-state index contributed by atoms with van der Waals surface area (Å²) >= 11 is 6.35. The Labute approximate surface area is 110 Å². The maximum absolute atomic E-state index is 6.35. The van der Waals surface area contributed by atoms with E-state index in [1.165, 1.54) is 0 Å². The van der Waals surface area contributed by atoms with E-state index in [1.807, 2.05) is 4.68 Å². The molecule has 0 unspecified atom stereocenters. The molecule has 0 radical (unpaired) electrons. The zero-order chi connectivity index (χ0) is 13.1. The van der Waals surface area contributed by atoms with E-state index >= 15 is 0 Å². The minimum absolute atomic E-state index is 0.150. The Balaban J connectivity index is 2.72. The molecule has 0 fully saturated rings. The van der Waals surface area contributed by atoms with Crippen LogP contribution in [0.25, 0.3) is 0 Å². The summed E-state index contributed by atoms with van der Waals surface area (Å²) < 4.78 is 2.02. The first-order valence-corrected chi connectivity index (χ1v) is 6.76. The third kappa shape index (κ3) is 4.00. The molecule has 0 aromatic carbocycles. The van der Waals surface area contributed by atoms with E-state index in [1.54, 1.807) is 0 Å². The molecule has 1 heterocycles. The van der Waals surface area contributed by atoms with Crippen LogP contribution in [0.2, 0.25) is 5.02 Å². The summed E-state index contributed by atoms with van der Waals surface area (Å²) in [4.78, 5) is 0. The van der Waals surface area contributed by atoms with Crippen LogP contribution in [0.5, 0.6) is 0 Å². The maximum Gasteiger partial charge on any atom is 0.0850 e. The van der Waals surface area contributed by atoms with Crippen LogP contribution in [0.3, 0.4) is 0 Å². The molecular weight excluding hydrogens is 234 g/mol. The summed E-state index contributed by atoms with van der Waals surface area (Å²) in [5, 5.41) is 8.85. The summed E-state index contributed by atoms with van der Waals surface area (Å²) in [5.74, 6) is 0. The standard InChI is InChI=1S/C13H24ClN3/c1-6-10-12(14)11(17(7-2)16-10)8-9-15-13(3,4)5/h15H,6-9H2,1-5H3. The average molecular weight is 258 g/mol. The second-order valence-electron chi connectivity index (χ2n) is 5.30. The van der Waals surface area contributed by atoms with Crippen molar-refractivity contribution < 1.29 is 0 Å². The minimum atomic E-state index is 0.150. The second-order valence-corrected chi connectivity index (χ2v) is 5.68. The summed E-state index contributed by atoms with van der Waals surface area (Å²) in [6, 6.07) is 0. The van der Waals surface area contributed by atoms with E-state index in [-0.39, 0.29) is 5.54 Å². The highest BCUT2D eigenvalue weighted by molar-refractivity contribution is 6.31. The largest absolute Gasteiger partial charge is 0.312 e. The molecule has 0 aliphatic heterocycles. The van der Waals surface area contributed by atoms with Gasteiger partial charge in [0, 0.05) is 25.0 Å².